The standard InChI is InChI=1S/C23H26N2O2/c26-25(21-7-2-1-3-8-21)16-18-10-14-22(15-11-18)27-17-20-13-12-19-6-4-5-9-23(19)24-20/h4-6,9-15,21,26H,1-3,7-8,16-17H2. The highest BCUT2D eigenvalue weighted by Gasteiger charge is 2.19. The molecule has 4 rings (SSSR count). The topological polar surface area (TPSA) is 45.6 Å². The number of para-hydroxylation sites is 1. The molecular weight excluding hydrogens is 336 g/mol. The van der Waals surface area contributed by atoms with Crippen molar-refractivity contribution in [2.75, 3.05) is 0 Å². The maximum atomic E-state index is 10.3. The van der Waals surface area contributed by atoms with Crippen molar-refractivity contribution in [1.29, 1.82) is 0 Å². The van der Waals surface area contributed by atoms with Gasteiger partial charge in [-0.25, -0.2) is 4.98 Å². The van der Waals surface area contributed by atoms with Crippen molar-refractivity contribution in [3.8, 4) is 5.75 Å². The number of benzene rings is 2. The number of ether oxygens (including phenoxy) is 1. The molecule has 2 aromatic carbocycles. The van der Waals surface area contributed by atoms with Gasteiger partial charge < -0.3 is 9.94 Å². The van der Waals surface area contributed by atoms with Crippen LogP contribution in [0.1, 0.15) is 43.4 Å². The van der Waals surface area contributed by atoms with E-state index in [9.17, 15) is 5.21 Å². The molecule has 1 aromatic heterocycles. The molecule has 1 heterocycles. The average Bonchev–Trinajstić information content (AvgIpc) is 2.74. The largest absolute Gasteiger partial charge is 0.487 e. The molecule has 4 heteroatoms. The van der Waals surface area contributed by atoms with Gasteiger partial charge in [-0.1, -0.05) is 55.7 Å². The number of hydrogen-bond acceptors (Lipinski definition) is 4. The fourth-order valence-electron chi connectivity index (χ4n) is 3.73. The van der Waals surface area contributed by atoms with E-state index >= 15 is 0 Å². The third-order valence-corrected chi connectivity index (χ3v) is 5.31. The van der Waals surface area contributed by atoms with Gasteiger partial charge in [0, 0.05) is 18.0 Å². The molecule has 27 heavy (non-hydrogen) atoms. The molecule has 0 amide bonds. The lowest BCUT2D eigenvalue weighted by Crippen LogP contribution is -2.33. The van der Waals surface area contributed by atoms with Crippen molar-refractivity contribution in [3.63, 3.8) is 0 Å². The summed E-state index contributed by atoms with van der Waals surface area (Å²) in [5.41, 5.74) is 3.00. The van der Waals surface area contributed by atoms with Crippen molar-refractivity contribution in [1.82, 2.24) is 10.0 Å². The number of aromatic nitrogens is 1. The third-order valence-electron chi connectivity index (χ3n) is 5.31. The summed E-state index contributed by atoms with van der Waals surface area (Å²) in [5.74, 6) is 0.816. The van der Waals surface area contributed by atoms with E-state index in [2.05, 4.69) is 17.1 Å². The van der Waals surface area contributed by atoms with Crippen LogP contribution in [0, 0.1) is 0 Å². The number of hydrogen-bond donors (Lipinski definition) is 1. The lowest BCUT2D eigenvalue weighted by Gasteiger charge is -2.29. The molecule has 1 fully saturated rings. The van der Waals surface area contributed by atoms with Gasteiger partial charge in [0.05, 0.1) is 11.2 Å². The van der Waals surface area contributed by atoms with Crippen molar-refractivity contribution < 1.29 is 9.94 Å². The van der Waals surface area contributed by atoms with Crippen LogP contribution in [0.25, 0.3) is 10.9 Å². The summed E-state index contributed by atoms with van der Waals surface area (Å²) >= 11 is 0. The van der Waals surface area contributed by atoms with Gasteiger partial charge in [0.15, 0.2) is 0 Å². The maximum Gasteiger partial charge on any atom is 0.130 e. The van der Waals surface area contributed by atoms with Gasteiger partial charge in [0.2, 0.25) is 0 Å². The summed E-state index contributed by atoms with van der Waals surface area (Å²) in [6.07, 6.45) is 5.92. The lowest BCUT2D eigenvalue weighted by molar-refractivity contribution is -0.143. The van der Waals surface area contributed by atoms with Gasteiger partial charge >= 0.3 is 0 Å². The highest BCUT2D eigenvalue weighted by Crippen LogP contribution is 2.23. The van der Waals surface area contributed by atoms with Crippen LogP contribution in [0.5, 0.6) is 5.75 Å². The average molecular weight is 362 g/mol. The van der Waals surface area contributed by atoms with Gasteiger partial charge in [0.1, 0.15) is 12.4 Å². The van der Waals surface area contributed by atoms with E-state index in [-0.39, 0.29) is 0 Å². The molecule has 0 unspecified atom stereocenters. The Morgan fingerprint density at radius 3 is 2.52 bits per heavy atom. The van der Waals surface area contributed by atoms with E-state index in [1.165, 1.54) is 24.3 Å². The normalized spacial score (nSPS) is 15.3. The summed E-state index contributed by atoms with van der Waals surface area (Å²) in [6, 6.07) is 20.4. The molecule has 4 nitrogen and oxygen atoms in total. The summed E-state index contributed by atoms with van der Waals surface area (Å²) in [7, 11) is 0. The van der Waals surface area contributed by atoms with Crippen LogP contribution < -0.4 is 4.74 Å². The van der Waals surface area contributed by atoms with Gasteiger partial charge in [-0.15, -0.1) is 0 Å². The van der Waals surface area contributed by atoms with Crippen LogP contribution >= 0.6 is 0 Å². The first kappa shape index (κ1) is 18.0. The van der Waals surface area contributed by atoms with Crippen molar-refractivity contribution in [2.45, 2.75) is 51.3 Å². The predicted octanol–water partition coefficient (Wildman–Crippen LogP) is 5.34. The highest BCUT2D eigenvalue weighted by atomic mass is 16.5. The highest BCUT2D eigenvalue weighted by molar-refractivity contribution is 5.78. The Balaban J connectivity index is 1.33. The second-order valence-electron chi connectivity index (χ2n) is 7.32. The maximum absolute atomic E-state index is 10.3. The fourth-order valence-corrected chi connectivity index (χ4v) is 3.73. The SMILES string of the molecule is ON(Cc1ccc(OCc2ccc3ccccc3n2)cc1)C1CCCCC1. The van der Waals surface area contributed by atoms with Gasteiger partial charge in [-0.05, 0) is 42.7 Å². The molecule has 0 atom stereocenters. The van der Waals surface area contributed by atoms with Crippen LogP contribution in [0.2, 0.25) is 0 Å². The molecule has 0 radical (unpaired) electrons. The Labute approximate surface area is 160 Å². The quantitative estimate of drug-likeness (QED) is 0.601. The second kappa shape index (κ2) is 8.51. The molecule has 1 N–H and O–H groups in total. The summed E-state index contributed by atoms with van der Waals surface area (Å²) < 4.78 is 5.88. The molecule has 0 bridgehead atoms. The van der Waals surface area contributed by atoms with Gasteiger partial charge in [0.25, 0.3) is 0 Å². The minimum absolute atomic E-state index is 0.300. The summed E-state index contributed by atoms with van der Waals surface area (Å²) in [6.45, 7) is 1.01. The van der Waals surface area contributed by atoms with E-state index in [1.807, 2.05) is 48.5 Å². The van der Waals surface area contributed by atoms with Crippen LogP contribution in [-0.2, 0) is 13.2 Å². The Hall–Kier alpha value is -2.43. The molecule has 140 valence electrons. The molecule has 0 aliphatic heterocycles. The first-order valence-corrected chi connectivity index (χ1v) is 9.80. The number of rotatable bonds is 6. The second-order valence-corrected chi connectivity index (χ2v) is 7.32. The number of hydroxylamine groups is 2. The fraction of sp³-hybridized carbons (Fsp3) is 0.348. The van der Waals surface area contributed by atoms with Crippen molar-refractivity contribution >= 4 is 10.9 Å². The van der Waals surface area contributed by atoms with E-state index in [0.717, 1.165) is 40.8 Å². The summed E-state index contributed by atoms with van der Waals surface area (Å²) in [5, 5.41) is 13.0. The zero-order chi connectivity index (χ0) is 18.5. The van der Waals surface area contributed by atoms with Crippen LogP contribution in [-0.4, -0.2) is 21.3 Å². The third kappa shape index (κ3) is 4.65. The molecular formula is C23H26N2O2. The first-order chi connectivity index (χ1) is 13.3. The van der Waals surface area contributed by atoms with E-state index in [4.69, 9.17) is 4.74 Å². The molecule has 3 aromatic rings. The molecule has 0 saturated heterocycles. The minimum Gasteiger partial charge on any atom is -0.487 e. The number of pyridine rings is 1. The Morgan fingerprint density at radius 1 is 0.926 bits per heavy atom. The Morgan fingerprint density at radius 2 is 1.70 bits per heavy atom. The van der Waals surface area contributed by atoms with Crippen LogP contribution in [0.4, 0.5) is 0 Å². The number of fused-ring (bicyclic) bond motifs is 1. The van der Waals surface area contributed by atoms with Crippen molar-refractivity contribution in [3.05, 3.63) is 71.9 Å². The molecule has 1 aliphatic rings. The van der Waals surface area contributed by atoms with Crippen LogP contribution in [0.3, 0.4) is 0 Å². The molecule has 0 spiro atoms. The Bertz CT molecular complexity index is 873. The van der Waals surface area contributed by atoms with Crippen LogP contribution in [0.15, 0.2) is 60.7 Å². The smallest absolute Gasteiger partial charge is 0.130 e. The molecule has 1 saturated carbocycles. The molecule has 1 aliphatic carbocycles. The summed E-state index contributed by atoms with van der Waals surface area (Å²) in [4.78, 5) is 4.63. The van der Waals surface area contributed by atoms with Gasteiger partial charge in [-0.3, -0.25) is 0 Å². The van der Waals surface area contributed by atoms with E-state index in [1.54, 1.807) is 0 Å². The monoisotopic (exact) mass is 362 g/mol. The predicted molar refractivity (Wildman–Crippen MR) is 107 cm³/mol. The van der Waals surface area contributed by atoms with Crippen molar-refractivity contribution in [2.24, 2.45) is 0 Å². The van der Waals surface area contributed by atoms with E-state index < -0.39 is 0 Å². The lowest BCUT2D eigenvalue weighted by atomic mass is 9.95. The Kier molecular flexibility index (Phi) is 5.66. The van der Waals surface area contributed by atoms with Gasteiger partial charge in [-0.2, -0.15) is 5.06 Å². The first-order valence-electron chi connectivity index (χ1n) is 9.80. The minimum atomic E-state index is 0.300. The number of nitrogens with zero attached hydrogens (tertiary/aromatic N) is 2. The zero-order valence-corrected chi connectivity index (χ0v) is 15.6. The van der Waals surface area contributed by atoms with E-state index in [0.29, 0.717) is 19.2 Å². The zero-order valence-electron chi connectivity index (χ0n) is 15.6.